The van der Waals surface area contributed by atoms with E-state index in [-0.39, 0.29) is 11.9 Å². The average molecular weight is 483 g/mol. The zero-order valence-electron chi connectivity index (χ0n) is 19.9. The maximum Gasteiger partial charge on any atom is 0.255 e. The summed E-state index contributed by atoms with van der Waals surface area (Å²) in [5.41, 5.74) is 4.23. The Kier molecular flexibility index (Phi) is 7.88. The maximum atomic E-state index is 13.3. The van der Waals surface area contributed by atoms with Crippen molar-refractivity contribution < 1.29 is 14.3 Å². The second kappa shape index (κ2) is 11.0. The van der Waals surface area contributed by atoms with Gasteiger partial charge in [-0.1, -0.05) is 41.9 Å². The third-order valence-electron chi connectivity index (χ3n) is 6.33. The molecule has 1 saturated heterocycles. The van der Waals surface area contributed by atoms with E-state index in [9.17, 15) is 4.79 Å². The smallest absolute Gasteiger partial charge is 0.255 e. The number of aromatic nitrogens is 2. The van der Waals surface area contributed by atoms with Crippen molar-refractivity contribution in [2.75, 3.05) is 40.0 Å². The standard InChI is InChI=1S/C26H31ClN4O3/c1-18-25(19(2)31(29-18)17-21-6-4-5-7-23(21)27)26(32)28-16-24(30-12-14-34-15-13-30)20-8-10-22(33-3)11-9-20/h4-11,24H,12-17H2,1-3H3,(H,28,32)/t24-/m1/s1. The molecular weight excluding hydrogens is 452 g/mol. The molecule has 34 heavy (non-hydrogen) atoms. The Labute approximate surface area is 205 Å². The predicted molar refractivity (Wildman–Crippen MR) is 133 cm³/mol. The van der Waals surface area contributed by atoms with Gasteiger partial charge in [-0.25, -0.2) is 0 Å². The normalized spacial score (nSPS) is 15.2. The molecule has 0 aliphatic carbocycles. The van der Waals surface area contributed by atoms with Gasteiger partial charge in [-0.2, -0.15) is 5.10 Å². The van der Waals surface area contributed by atoms with E-state index in [1.165, 1.54) is 0 Å². The number of halogens is 1. The molecule has 2 heterocycles. The molecule has 1 aliphatic heterocycles. The molecule has 3 aromatic rings. The van der Waals surface area contributed by atoms with Crippen LogP contribution in [-0.4, -0.2) is 60.5 Å². The fraction of sp³-hybridized carbons (Fsp3) is 0.385. The number of hydrogen-bond donors (Lipinski definition) is 1. The van der Waals surface area contributed by atoms with Gasteiger partial charge in [-0.15, -0.1) is 0 Å². The van der Waals surface area contributed by atoms with Crippen molar-refractivity contribution in [1.29, 1.82) is 0 Å². The summed E-state index contributed by atoms with van der Waals surface area (Å²) in [7, 11) is 1.66. The van der Waals surface area contributed by atoms with Crippen molar-refractivity contribution in [2.45, 2.75) is 26.4 Å². The van der Waals surface area contributed by atoms with Gasteiger partial charge in [0, 0.05) is 30.4 Å². The number of carbonyl (C=O) groups excluding carboxylic acids is 1. The van der Waals surface area contributed by atoms with Gasteiger partial charge in [0.25, 0.3) is 5.91 Å². The lowest BCUT2D eigenvalue weighted by Gasteiger charge is -2.35. The van der Waals surface area contributed by atoms with E-state index < -0.39 is 0 Å². The van der Waals surface area contributed by atoms with Gasteiger partial charge < -0.3 is 14.8 Å². The summed E-state index contributed by atoms with van der Waals surface area (Å²) in [6.07, 6.45) is 0. The van der Waals surface area contributed by atoms with E-state index in [0.29, 0.717) is 42.6 Å². The zero-order valence-corrected chi connectivity index (χ0v) is 20.6. The van der Waals surface area contributed by atoms with Gasteiger partial charge in [-0.3, -0.25) is 14.4 Å². The van der Waals surface area contributed by atoms with E-state index in [0.717, 1.165) is 35.7 Å². The van der Waals surface area contributed by atoms with Gasteiger partial charge in [0.2, 0.25) is 0 Å². The zero-order chi connectivity index (χ0) is 24.1. The molecule has 1 aromatic heterocycles. The van der Waals surface area contributed by atoms with Crippen LogP contribution in [0.5, 0.6) is 5.75 Å². The lowest BCUT2D eigenvalue weighted by Crippen LogP contribution is -2.44. The Bertz CT molecular complexity index is 1120. The number of rotatable bonds is 8. The van der Waals surface area contributed by atoms with Crippen molar-refractivity contribution >= 4 is 17.5 Å². The Balaban J connectivity index is 1.51. The molecule has 0 spiro atoms. The van der Waals surface area contributed by atoms with Crippen molar-refractivity contribution in [1.82, 2.24) is 20.0 Å². The van der Waals surface area contributed by atoms with Crippen molar-refractivity contribution in [3.63, 3.8) is 0 Å². The highest BCUT2D eigenvalue weighted by molar-refractivity contribution is 6.31. The first-order valence-corrected chi connectivity index (χ1v) is 11.9. The van der Waals surface area contributed by atoms with Crippen LogP contribution in [0.4, 0.5) is 0 Å². The van der Waals surface area contributed by atoms with Gasteiger partial charge in [0.15, 0.2) is 0 Å². The summed E-state index contributed by atoms with van der Waals surface area (Å²) in [4.78, 5) is 15.6. The summed E-state index contributed by atoms with van der Waals surface area (Å²) >= 11 is 6.33. The van der Waals surface area contributed by atoms with Crippen molar-refractivity contribution in [3.8, 4) is 5.75 Å². The lowest BCUT2D eigenvalue weighted by molar-refractivity contribution is 0.0162. The van der Waals surface area contributed by atoms with Crippen LogP contribution >= 0.6 is 11.6 Å². The Morgan fingerprint density at radius 2 is 1.85 bits per heavy atom. The molecule has 0 saturated carbocycles. The number of benzene rings is 2. The molecule has 1 N–H and O–H groups in total. The SMILES string of the molecule is COc1ccc([C@@H](CNC(=O)c2c(C)nn(Cc3ccccc3Cl)c2C)N2CCOCC2)cc1. The first kappa shape index (κ1) is 24.3. The molecule has 180 valence electrons. The Hall–Kier alpha value is -2.87. The highest BCUT2D eigenvalue weighted by Gasteiger charge is 2.25. The molecule has 0 bridgehead atoms. The minimum atomic E-state index is -0.118. The number of ether oxygens (including phenoxy) is 2. The number of morpholine rings is 1. The van der Waals surface area contributed by atoms with Crippen molar-refractivity contribution in [2.24, 2.45) is 0 Å². The number of carbonyl (C=O) groups is 1. The first-order valence-electron chi connectivity index (χ1n) is 11.5. The topological polar surface area (TPSA) is 68.6 Å². The number of methoxy groups -OCH3 is 1. The summed E-state index contributed by atoms with van der Waals surface area (Å²) < 4.78 is 12.7. The minimum Gasteiger partial charge on any atom is -0.497 e. The summed E-state index contributed by atoms with van der Waals surface area (Å²) in [5, 5.41) is 8.47. The van der Waals surface area contributed by atoms with Crippen LogP contribution in [-0.2, 0) is 11.3 Å². The maximum absolute atomic E-state index is 13.3. The Morgan fingerprint density at radius 3 is 2.53 bits per heavy atom. The Morgan fingerprint density at radius 1 is 1.15 bits per heavy atom. The lowest BCUT2D eigenvalue weighted by atomic mass is 10.0. The molecular formula is C26H31ClN4O3. The monoisotopic (exact) mass is 482 g/mol. The minimum absolute atomic E-state index is 0.0394. The molecule has 1 aliphatic rings. The van der Waals surface area contributed by atoms with E-state index >= 15 is 0 Å². The summed E-state index contributed by atoms with van der Waals surface area (Å²) in [6, 6.07) is 15.8. The molecule has 2 aromatic carbocycles. The van der Waals surface area contributed by atoms with Gasteiger partial charge in [0.05, 0.1) is 44.2 Å². The molecule has 8 heteroatoms. The second-order valence-electron chi connectivity index (χ2n) is 8.44. The van der Waals surface area contributed by atoms with Crippen LogP contribution in [0.3, 0.4) is 0 Å². The van der Waals surface area contributed by atoms with E-state index in [4.69, 9.17) is 21.1 Å². The summed E-state index contributed by atoms with van der Waals surface area (Å²) in [5.74, 6) is 0.692. The number of hydrogen-bond acceptors (Lipinski definition) is 5. The highest BCUT2D eigenvalue weighted by atomic mass is 35.5. The molecule has 0 radical (unpaired) electrons. The van der Waals surface area contributed by atoms with Crippen LogP contribution in [0.15, 0.2) is 48.5 Å². The highest BCUT2D eigenvalue weighted by Crippen LogP contribution is 2.24. The van der Waals surface area contributed by atoms with Crippen LogP contribution in [0.25, 0.3) is 0 Å². The van der Waals surface area contributed by atoms with Crippen LogP contribution < -0.4 is 10.1 Å². The third-order valence-corrected chi connectivity index (χ3v) is 6.70. The van der Waals surface area contributed by atoms with Crippen molar-refractivity contribution in [3.05, 3.63) is 81.6 Å². The second-order valence-corrected chi connectivity index (χ2v) is 8.85. The average Bonchev–Trinajstić information content (AvgIpc) is 3.14. The largest absolute Gasteiger partial charge is 0.497 e. The molecule has 0 unspecified atom stereocenters. The van der Waals surface area contributed by atoms with E-state index in [2.05, 4.69) is 27.4 Å². The molecule has 7 nitrogen and oxygen atoms in total. The molecule has 1 atom stereocenters. The predicted octanol–water partition coefficient (Wildman–Crippen LogP) is 4.01. The van der Waals surface area contributed by atoms with Gasteiger partial charge in [-0.05, 0) is 43.2 Å². The van der Waals surface area contributed by atoms with Gasteiger partial charge >= 0.3 is 0 Å². The fourth-order valence-electron chi connectivity index (χ4n) is 4.42. The molecule has 1 fully saturated rings. The van der Waals surface area contributed by atoms with Crippen LogP contribution in [0, 0.1) is 13.8 Å². The fourth-order valence-corrected chi connectivity index (χ4v) is 4.61. The number of aryl methyl sites for hydroxylation is 1. The van der Waals surface area contributed by atoms with E-state index in [1.807, 2.05) is 54.9 Å². The quantitative estimate of drug-likeness (QED) is 0.525. The number of amides is 1. The van der Waals surface area contributed by atoms with E-state index in [1.54, 1.807) is 7.11 Å². The molecule has 4 rings (SSSR count). The van der Waals surface area contributed by atoms with Crippen LogP contribution in [0.2, 0.25) is 5.02 Å². The number of nitrogens with one attached hydrogen (secondary N) is 1. The molecule has 1 amide bonds. The first-order chi connectivity index (χ1) is 16.5. The third kappa shape index (κ3) is 5.43. The number of nitrogens with zero attached hydrogens (tertiary/aromatic N) is 3. The van der Waals surface area contributed by atoms with Gasteiger partial charge in [0.1, 0.15) is 5.75 Å². The van der Waals surface area contributed by atoms with Crippen LogP contribution in [0.1, 0.15) is 38.9 Å². The summed E-state index contributed by atoms with van der Waals surface area (Å²) in [6.45, 7) is 7.81.